The quantitative estimate of drug-likeness (QED) is 0.321. The number of aliphatic hydroxyl groups excluding tert-OH is 2. The SMILES string of the molecule is COc1ccc2ncc(N(C)C)c([C@H](O)CCC3(CO)CCN(CCNc4c(F)cc(F)cc4F)CC3)c2c1. The summed E-state index contributed by atoms with van der Waals surface area (Å²) in [5.74, 6) is -2.18. The first-order valence-corrected chi connectivity index (χ1v) is 13.2. The van der Waals surface area contributed by atoms with Gasteiger partial charge in [-0.25, -0.2) is 13.2 Å². The van der Waals surface area contributed by atoms with Crippen molar-refractivity contribution in [2.75, 3.05) is 64.2 Å². The summed E-state index contributed by atoms with van der Waals surface area (Å²) < 4.78 is 46.3. The lowest BCUT2D eigenvalue weighted by Crippen LogP contribution is -2.43. The third-order valence-electron chi connectivity index (χ3n) is 7.85. The zero-order chi connectivity index (χ0) is 28.2. The van der Waals surface area contributed by atoms with Gasteiger partial charge in [-0.05, 0) is 62.4 Å². The normalized spacial score (nSPS) is 16.3. The maximum atomic E-state index is 13.9. The summed E-state index contributed by atoms with van der Waals surface area (Å²) in [6.07, 6.45) is 3.60. The van der Waals surface area contributed by atoms with E-state index in [1.807, 2.05) is 37.2 Å². The molecule has 0 saturated carbocycles. The third kappa shape index (κ3) is 6.57. The highest BCUT2D eigenvalue weighted by molar-refractivity contribution is 5.88. The Morgan fingerprint density at radius 1 is 1.13 bits per heavy atom. The molecule has 2 aromatic carbocycles. The lowest BCUT2D eigenvalue weighted by Gasteiger charge is -2.41. The van der Waals surface area contributed by atoms with Gasteiger partial charge in [-0.1, -0.05) is 0 Å². The number of likely N-dealkylation sites (tertiary alicyclic amines) is 1. The van der Waals surface area contributed by atoms with E-state index in [0.29, 0.717) is 56.9 Å². The summed E-state index contributed by atoms with van der Waals surface area (Å²) >= 11 is 0. The maximum absolute atomic E-state index is 13.9. The second kappa shape index (κ2) is 12.4. The number of methoxy groups -OCH3 is 1. The van der Waals surface area contributed by atoms with E-state index in [2.05, 4.69) is 15.2 Å². The molecule has 1 saturated heterocycles. The van der Waals surface area contributed by atoms with Crippen LogP contribution < -0.4 is 15.0 Å². The summed E-state index contributed by atoms with van der Waals surface area (Å²) in [5, 5.41) is 25.3. The second-order valence-corrected chi connectivity index (χ2v) is 10.6. The zero-order valence-electron chi connectivity index (χ0n) is 22.7. The second-order valence-electron chi connectivity index (χ2n) is 10.6. The number of nitrogens with zero attached hydrogens (tertiary/aromatic N) is 3. The number of benzene rings is 2. The lowest BCUT2D eigenvalue weighted by molar-refractivity contribution is 0.0248. The van der Waals surface area contributed by atoms with Gasteiger partial charge in [-0.3, -0.25) is 4.98 Å². The number of fused-ring (bicyclic) bond motifs is 1. The number of hydrogen-bond acceptors (Lipinski definition) is 7. The van der Waals surface area contributed by atoms with Crippen LogP contribution >= 0.6 is 0 Å². The van der Waals surface area contributed by atoms with E-state index in [1.54, 1.807) is 13.3 Å². The Hall–Kier alpha value is -3.08. The molecular formula is C29H37F3N4O3. The minimum Gasteiger partial charge on any atom is -0.497 e. The van der Waals surface area contributed by atoms with Crippen molar-refractivity contribution in [1.29, 1.82) is 0 Å². The molecule has 1 aliphatic heterocycles. The Kier molecular flexibility index (Phi) is 9.19. The number of ether oxygens (including phenoxy) is 1. The Bertz CT molecular complexity index is 1260. The summed E-state index contributed by atoms with van der Waals surface area (Å²) in [6, 6.07) is 6.93. The predicted molar refractivity (Wildman–Crippen MR) is 147 cm³/mol. The highest BCUT2D eigenvalue weighted by atomic mass is 19.1. The van der Waals surface area contributed by atoms with Crippen LogP contribution in [0.25, 0.3) is 10.9 Å². The van der Waals surface area contributed by atoms with Crippen LogP contribution in [0.5, 0.6) is 5.75 Å². The topological polar surface area (TPSA) is 81.1 Å². The standard InChI is InChI=1S/C29H37F3N4O3/c1-35(2)25-17-34-24-5-4-20(39-3)16-21(24)27(25)26(38)6-7-29(18-37)8-11-36(12-9-29)13-10-33-28-22(31)14-19(30)15-23(28)32/h4-5,14-17,26,33,37-38H,6-13,18H2,1-3H3/t26-/m1/s1. The van der Waals surface area contributed by atoms with Gasteiger partial charge in [0, 0.05) is 56.9 Å². The number of aliphatic hydroxyl groups is 2. The number of anilines is 2. The van der Waals surface area contributed by atoms with Crippen LogP contribution in [-0.4, -0.2) is 74.1 Å². The first-order valence-electron chi connectivity index (χ1n) is 13.2. The van der Waals surface area contributed by atoms with Gasteiger partial charge in [0.2, 0.25) is 0 Å². The van der Waals surface area contributed by atoms with Crippen LogP contribution in [0.15, 0.2) is 36.5 Å². The molecule has 1 atom stereocenters. The Balaban J connectivity index is 1.38. The van der Waals surface area contributed by atoms with Gasteiger partial charge in [0.1, 0.15) is 17.3 Å². The number of piperidine rings is 1. The third-order valence-corrected chi connectivity index (χ3v) is 7.85. The highest BCUT2D eigenvalue weighted by Gasteiger charge is 2.35. The highest BCUT2D eigenvalue weighted by Crippen LogP contribution is 2.41. The fourth-order valence-corrected chi connectivity index (χ4v) is 5.39. The lowest BCUT2D eigenvalue weighted by atomic mass is 9.74. The number of pyridine rings is 1. The van der Waals surface area contributed by atoms with Gasteiger partial charge in [0.15, 0.2) is 11.6 Å². The Morgan fingerprint density at radius 3 is 2.44 bits per heavy atom. The minimum atomic E-state index is -0.957. The number of rotatable bonds is 11. The summed E-state index contributed by atoms with van der Waals surface area (Å²) in [5.41, 5.74) is 1.75. The molecule has 0 bridgehead atoms. The van der Waals surface area contributed by atoms with Gasteiger partial charge in [-0.2, -0.15) is 0 Å². The maximum Gasteiger partial charge on any atom is 0.152 e. The molecule has 0 amide bonds. The Morgan fingerprint density at radius 2 is 1.82 bits per heavy atom. The van der Waals surface area contributed by atoms with E-state index in [1.165, 1.54) is 0 Å². The van der Waals surface area contributed by atoms with Gasteiger partial charge in [0.05, 0.1) is 30.6 Å². The first-order chi connectivity index (χ1) is 18.7. The van der Waals surface area contributed by atoms with Crippen molar-refractivity contribution in [3.8, 4) is 5.75 Å². The van der Waals surface area contributed by atoms with Crippen molar-refractivity contribution >= 4 is 22.3 Å². The molecule has 0 spiro atoms. The van der Waals surface area contributed by atoms with E-state index < -0.39 is 23.6 Å². The molecule has 3 aromatic rings. The van der Waals surface area contributed by atoms with Crippen LogP contribution in [0.4, 0.5) is 24.5 Å². The molecule has 0 aliphatic carbocycles. The fraction of sp³-hybridized carbons (Fsp3) is 0.483. The van der Waals surface area contributed by atoms with Gasteiger partial charge >= 0.3 is 0 Å². The van der Waals surface area contributed by atoms with E-state index in [-0.39, 0.29) is 17.7 Å². The fourth-order valence-electron chi connectivity index (χ4n) is 5.39. The molecule has 2 heterocycles. The van der Waals surface area contributed by atoms with Gasteiger partial charge < -0.3 is 30.1 Å². The van der Waals surface area contributed by atoms with Crippen molar-refractivity contribution in [2.24, 2.45) is 5.41 Å². The smallest absolute Gasteiger partial charge is 0.152 e. The van der Waals surface area contributed by atoms with E-state index in [9.17, 15) is 23.4 Å². The Labute approximate surface area is 227 Å². The molecule has 0 unspecified atom stereocenters. The number of aromatic nitrogens is 1. The largest absolute Gasteiger partial charge is 0.497 e. The van der Waals surface area contributed by atoms with Crippen LogP contribution in [0.2, 0.25) is 0 Å². The predicted octanol–water partition coefficient (Wildman–Crippen LogP) is 4.73. The van der Waals surface area contributed by atoms with Gasteiger partial charge in [0.25, 0.3) is 0 Å². The van der Waals surface area contributed by atoms with E-state index >= 15 is 0 Å². The average Bonchev–Trinajstić information content (AvgIpc) is 2.92. The van der Waals surface area contributed by atoms with Crippen LogP contribution in [0, 0.1) is 22.9 Å². The molecule has 1 aliphatic rings. The summed E-state index contributed by atoms with van der Waals surface area (Å²) in [6.45, 7) is 2.30. The van der Waals surface area contributed by atoms with Crippen molar-refractivity contribution in [1.82, 2.24) is 9.88 Å². The first kappa shape index (κ1) is 28.9. The molecule has 10 heteroatoms. The van der Waals surface area contributed by atoms with E-state index in [4.69, 9.17) is 4.74 Å². The summed E-state index contributed by atoms with van der Waals surface area (Å²) in [7, 11) is 5.43. The molecule has 1 aromatic heterocycles. The van der Waals surface area contributed by atoms with Crippen molar-refractivity contribution in [2.45, 2.75) is 31.8 Å². The van der Waals surface area contributed by atoms with Crippen molar-refractivity contribution < 1.29 is 28.1 Å². The molecular weight excluding hydrogens is 509 g/mol. The molecule has 0 radical (unpaired) electrons. The van der Waals surface area contributed by atoms with Gasteiger partial charge in [-0.15, -0.1) is 0 Å². The summed E-state index contributed by atoms with van der Waals surface area (Å²) in [4.78, 5) is 8.65. The molecule has 7 nitrogen and oxygen atoms in total. The average molecular weight is 547 g/mol. The number of hydrogen-bond donors (Lipinski definition) is 3. The van der Waals surface area contributed by atoms with Crippen LogP contribution in [-0.2, 0) is 0 Å². The molecule has 3 N–H and O–H groups in total. The van der Waals surface area contributed by atoms with Crippen molar-refractivity contribution in [3.63, 3.8) is 0 Å². The molecule has 212 valence electrons. The number of nitrogens with one attached hydrogen (secondary N) is 1. The van der Waals surface area contributed by atoms with E-state index in [0.717, 1.165) is 35.0 Å². The zero-order valence-corrected chi connectivity index (χ0v) is 22.7. The monoisotopic (exact) mass is 546 g/mol. The molecule has 4 rings (SSSR count). The van der Waals surface area contributed by atoms with Crippen LogP contribution in [0.1, 0.15) is 37.4 Å². The minimum absolute atomic E-state index is 0.0171. The van der Waals surface area contributed by atoms with Crippen molar-refractivity contribution in [3.05, 3.63) is 59.5 Å². The van der Waals surface area contributed by atoms with Crippen LogP contribution in [0.3, 0.4) is 0 Å². The molecule has 1 fully saturated rings. The molecule has 39 heavy (non-hydrogen) atoms. The number of halogens is 3.